The van der Waals surface area contributed by atoms with Gasteiger partial charge in [-0.25, -0.2) is 9.59 Å². The minimum absolute atomic E-state index is 0.0250. The number of hydrogen-bond acceptors (Lipinski definition) is 8. The average Bonchev–Trinajstić information content (AvgIpc) is 3.11. The summed E-state index contributed by atoms with van der Waals surface area (Å²) in [5.74, 6) is 3.52. The largest absolute Gasteiger partial charge is 0.480 e. The van der Waals surface area contributed by atoms with Gasteiger partial charge in [0.2, 0.25) is 5.91 Å². The number of nitrogens with two attached hydrogens (primary N) is 1. The molecule has 0 saturated carbocycles. The van der Waals surface area contributed by atoms with E-state index < -0.39 is 18.1 Å². The van der Waals surface area contributed by atoms with Crippen molar-refractivity contribution in [3.8, 4) is 0 Å². The Kier molecular flexibility index (Phi) is 9.89. The topological polar surface area (TPSA) is 156 Å². The predicted octanol–water partition coefficient (Wildman–Crippen LogP) is 1.14. The Morgan fingerprint density at radius 3 is 2.72 bits per heavy atom. The molecule has 2 amide bonds. The number of carboxylic acid groups (broad SMARTS) is 1. The molecular weight excluding hydrogens is 418 g/mol. The third kappa shape index (κ3) is 7.82. The molecule has 1 heterocycles. The van der Waals surface area contributed by atoms with Crippen LogP contribution in [0.25, 0.3) is 0 Å². The number of unbranched alkanes of at least 4 members (excludes halogenated alkanes) is 1. The fraction of sp³-hybridized carbons (Fsp3) is 0.524. The quantitative estimate of drug-likeness (QED) is 0.170. The summed E-state index contributed by atoms with van der Waals surface area (Å²) < 4.78 is 4.90. The molecule has 5 N–H and O–H groups in total. The van der Waals surface area contributed by atoms with E-state index >= 15 is 0 Å². The molecule has 176 valence electrons. The first kappa shape index (κ1) is 25.1. The van der Waals surface area contributed by atoms with Crippen molar-refractivity contribution in [2.75, 3.05) is 20.2 Å². The Labute approximate surface area is 186 Å². The van der Waals surface area contributed by atoms with Crippen LogP contribution in [0.4, 0.5) is 4.79 Å². The fourth-order valence-electron chi connectivity index (χ4n) is 3.29. The van der Waals surface area contributed by atoms with Crippen LogP contribution >= 0.6 is 0 Å². The molecule has 0 unspecified atom stereocenters. The predicted molar refractivity (Wildman–Crippen MR) is 117 cm³/mol. The second-order valence-electron chi connectivity index (χ2n) is 7.50. The molecule has 0 aliphatic carbocycles. The number of rotatable bonds is 11. The molecule has 11 heteroatoms. The number of aliphatic carboxylic acids is 1. The molecule has 11 nitrogen and oxygen atoms in total. The number of nitrogens with one attached hydrogen (secondary N) is 2. The molecule has 2 rings (SSSR count). The maximum atomic E-state index is 12.3. The van der Waals surface area contributed by atoms with Crippen molar-refractivity contribution in [3.63, 3.8) is 0 Å². The Bertz CT molecular complexity index is 800. The van der Waals surface area contributed by atoms with Crippen LogP contribution in [0.3, 0.4) is 0 Å². The molecule has 0 radical (unpaired) electrons. The maximum absolute atomic E-state index is 12.3. The molecule has 1 aliphatic heterocycles. The SMILES string of the molecule is CCCCOC(=O)N[C@@H](CNC(=O)C[C@@H]1C[C@H](c2ccc(C=NN)cc2)N(C)O1)C(=O)O. The van der Waals surface area contributed by atoms with Crippen molar-refractivity contribution in [3.05, 3.63) is 35.4 Å². The first-order chi connectivity index (χ1) is 15.3. The van der Waals surface area contributed by atoms with Crippen LogP contribution in [0.5, 0.6) is 0 Å². The van der Waals surface area contributed by atoms with E-state index in [-0.39, 0.29) is 37.6 Å². The summed E-state index contributed by atoms with van der Waals surface area (Å²) in [6.07, 6.45) is 2.56. The number of alkyl carbamates (subject to hydrolysis) is 1. The van der Waals surface area contributed by atoms with E-state index in [4.69, 9.17) is 15.4 Å². The summed E-state index contributed by atoms with van der Waals surface area (Å²) in [7, 11) is 1.80. The number of carbonyl (C=O) groups is 3. The van der Waals surface area contributed by atoms with Crippen LogP contribution in [0.15, 0.2) is 29.4 Å². The zero-order valence-electron chi connectivity index (χ0n) is 18.3. The highest BCUT2D eigenvalue weighted by Crippen LogP contribution is 2.33. The van der Waals surface area contributed by atoms with E-state index in [2.05, 4.69) is 15.7 Å². The molecule has 1 fully saturated rings. The van der Waals surface area contributed by atoms with Gasteiger partial charge in [0.15, 0.2) is 0 Å². The van der Waals surface area contributed by atoms with Crippen molar-refractivity contribution in [2.45, 2.75) is 50.8 Å². The van der Waals surface area contributed by atoms with E-state index in [1.807, 2.05) is 31.2 Å². The molecule has 1 aromatic rings. The van der Waals surface area contributed by atoms with Gasteiger partial charge in [-0.2, -0.15) is 10.2 Å². The normalized spacial score (nSPS) is 19.6. The number of hydrazone groups is 1. The van der Waals surface area contributed by atoms with Crippen molar-refractivity contribution < 1.29 is 29.1 Å². The van der Waals surface area contributed by atoms with Gasteiger partial charge in [-0.15, -0.1) is 0 Å². The lowest BCUT2D eigenvalue weighted by Gasteiger charge is -2.18. The van der Waals surface area contributed by atoms with Gasteiger partial charge in [0.1, 0.15) is 6.04 Å². The molecule has 0 aromatic heterocycles. The summed E-state index contributed by atoms with van der Waals surface area (Å²) in [6.45, 7) is 1.89. The van der Waals surface area contributed by atoms with Gasteiger partial charge in [0, 0.05) is 13.6 Å². The smallest absolute Gasteiger partial charge is 0.407 e. The number of hydrogen-bond donors (Lipinski definition) is 4. The molecule has 0 spiro atoms. The van der Waals surface area contributed by atoms with Crippen molar-refractivity contribution in [1.29, 1.82) is 0 Å². The molecule has 1 aromatic carbocycles. The standard InChI is InChI=1S/C21H31N5O6/c1-3-4-9-31-21(30)25-17(20(28)29)13-23-19(27)11-16-10-18(26(2)32-16)15-7-5-14(6-8-15)12-24-22/h5-8,12,16-18H,3-4,9-11,13,22H2,1-2H3,(H,23,27)(H,25,30)(H,28,29)/t16-,17-,18+/m0/s1. The molecule has 0 bridgehead atoms. The Morgan fingerprint density at radius 1 is 1.38 bits per heavy atom. The van der Waals surface area contributed by atoms with Crippen molar-refractivity contribution in [2.24, 2.45) is 10.9 Å². The van der Waals surface area contributed by atoms with E-state index in [1.165, 1.54) is 0 Å². The number of carbonyl (C=O) groups excluding carboxylic acids is 2. The number of amides is 2. The van der Waals surface area contributed by atoms with E-state index in [1.54, 1.807) is 18.3 Å². The fourth-order valence-corrected chi connectivity index (χ4v) is 3.29. The highest BCUT2D eigenvalue weighted by molar-refractivity contribution is 5.82. The van der Waals surface area contributed by atoms with Gasteiger partial charge >= 0.3 is 12.1 Å². The second kappa shape index (κ2) is 12.6. The number of benzene rings is 1. The summed E-state index contributed by atoms with van der Waals surface area (Å²) in [5.41, 5.74) is 1.91. The lowest BCUT2D eigenvalue weighted by molar-refractivity contribution is -0.152. The van der Waals surface area contributed by atoms with Crippen LogP contribution in [0, 0.1) is 0 Å². The Hall–Kier alpha value is -3.18. The minimum atomic E-state index is -1.29. The average molecular weight is 450 g/mol. The zero-order valence-corrected chi connectivity index (χ0v) is 18.3. The van der Waals surface area contributed by atoms with Gasteiger partial charge in [-0.3, -0.25) is 9.63 Å². The molecule has 3 atom stereocenters. The van der Waals surface area contributed by atoms with Crippen LogP contribution in [-0.2, 0) is 19.2 Å². The lowest BCUT2D eigenvalue weighted by atomic mass is 9.99. The van der Waals surface area contributed by atoms with E-state index in [0.717, 1.165) is 17.5 Å². The molecule has 32 heavy (non-hydrogen) atoms. The molecular formula is C21H31N5O6. The molecule has 1 saturated heterocycles. The van der Waals surface area contributed by atoms with Gasteiger partial charge in [0.05, 0.1) is 31.4 Å². The summed E-state index contributed by atoms with van der Waals surface area (Å²) in [6, 6.07) is 6.38. The van der Waals surface area contributed by atoms with Gasteiger partial charge in [-0.1, -0.05) is 37.6 Å². The molecule has 1 aliphatic rings. The maximum Gasteiger partial charge on any atom is 0.407 e. The van der Waals surface area contributed by atoms with E-state index in [9.17, 15) is 19.5 Å². The number of nitrogens with zero attached hydrogens (tertiary/aromatic N) is 2. The van der Waals surface area contributed by atoms with Crippen LogP contribution < -0.4 is 16.5 Å². The second-order valence-corrected chi connectivity index (χ2v) is 7.50. The van der Waals surface area contributed by atoms with E-state index in [0.29, 0.717) is 12.8 Å². The monoisotopic (exact) mass is 449 g/mol. The Morgan fingerprint density at radius 2 is 2.09 bits per heavy atom. The highest BCUT2D eigenvalue weighted by atomic mass is 16.7. The van der Waals surface area contributed by atoms with Gasteiger partial charge in [-0.05, 0) is 24.0 Å². The number of hydroxylamine groups is 2. The van der Waals surface area contributed by atoms with Crippen LogP contribution in [0.1, 0.15) is 49.8 Å². The van der Waals surface area contributed by atoms with Crippen molar-refractivity contribution in [1.82, 2.24) is 15.7 Å². The van der Waals surface area contributed by atoms with Gasteiger partial charge < -0.3 is 26.3 Å². The number of ether oxygens (including phenoxy) is 1. The van der Waals surface area contributed by atoms with Gasteiger partial charge in [0.25, 0.3) is 0 Å². The Balaban J connectivity index is 1.81. The highest BCUT2D eigenvalue weighted by Gasteiger charge is 2.33. The van der Waals surface area contributed by atoms with Crippen LogP contribution in [0.2, 0.25) is 0 Å². The zero-order chi connectivity index (χ0) is 23.5. The number of carboxylic acids is 1. The minimum Gasteiger partial charge on any atom is -0.480 e. The first-order valence-electron chi connectivity index (χ1n) is 10.5. The third-order valence-electron chi connectivity index (χ3n) is 5.02. The first-order valence-corrected chi connectivity index (χ1v) is 10.5. The third-order valence-corrected chi connectivity index (χ3v) is 5.02. The van der Waals surface area contributed by atoms with Crippen LogP contribution in [-0.4, -0.2) is 66.7 Å². The summed E-state index contributed by atoms with van der Waals surface area (Å²) in [5, 5.41) is 19.3. The summed E-state index contributed by atoms with van der Waals surface area (Å²) >= 11 is 0. The lowest BCUT2D eigenvalue weighted by Crippen LogP contribution is -2.48. The van der Waals surface area contributed by atoms with Crippen molar-refractivity contribution >= 4 is 24.2 Å². The summed E-state index contributed by atoms with van der Waals surface area (Å²) in [4.78, 5) is 41.1.